The van der Waals surface area contributed by atoms with Gasteiger partial charge in [0.25, 0.3) is 0 Å². The summed E-state index contributed by atoms with van der Waals surface area (Å²) in [5.74, 6) is -1.26. The zero-order chi connectivity index (χ0) is 23.7. The lowest BCUT2D eigenvalue weighted by molar-refractivity contribution is 0.624. The molecule has 0 saturated carbocycles. The van der Waals surface area contributed by atoms with Gasteiger partial charge in [0.05, 0.1) is 28.1 Å². The summed E-state index contributed by atoms with van der Waals surface area (Å²) < 4.78 is 15.5. The van der Waals surface area contributed by atoms with Gasteiger partial charge in [-0.2, -0.15) is 15.6 Å². The summed E-state index contributed by atoms with van der Waals surface area (Å²) in [6.07, 6.45) is 0.992. The standard InChI is InChI=1S/C25H20ClFN6/c1-15-10-17(16(2)32(15)20-8-9-23(27)22(26)12-20)11-18(13-28)24-21(14-29)25(30)33(31-24)19-6-4-3-5-7-19/h3-12,21,25H,30H2,1-2H3/b18-11-/t21-,25+/m0/s1. The van der Waals surface area contributed by atoms with Crippen LogP contribution in [0.5, 0.6) is 0 Å². The first-order valence-corrected chi connectivity index (χ1v) is 10.6. The molecule has 0 saturated heterocycles. The first-order valence-electron chi connectivity index (χ1n) is 10.2. The Hall–Kier alpha value is -3.91. The zero-order valence-electron chi connectivity index (χ0n) is 18.0. The van der Waals surface area contributed by atoms with Crippen LogP contribution in [0.25, 0.3) is 11.8 Å². The van der Waals surface area contributed by atoms with Crippen molar-refractivity contribution in [1.82, 2.24) is 4.57 Å². The second-order valence-electron chi connectivity index (χ2n) is 7.69. The van der Waals surface area contributed by atoms with Crippen LogP contribution >= 0.6 is 11.6 Å². The van der Waals surface area contributed by atoms with Crippen molar-refractivity contribution in [3.05, 3.63) is 88.0 Å². The van der Waals surface area contributed by atoms with Gasteiger partial charge in [-0.15, -0.1) is 0 Å². The molecule has 1 aromatic heterocycles. The molecule has 0 amide bonds. The SMILES string of the molecule is Cc1cc(/C=C(/C#N)C2=NN(c3ccccc3)[C@@H](N)[C@H]2C#N)c(C)n1-c1ccc(F)c(Cl)c1. The predicted octanol–water partition coefficient (Wildman–Crippen LogP) is 5.09. The van der Waals surface area contributed by atoms with Gasteiger partial charge in [0.1, 0.15) is 24.0 Å². The van der Waals surface area contributed by atoms with E-state index in [1.165, 1.54) is 6.07 Å². The van der Waals surface area contributed by atoms with Crippen LogP contribution in [0.15, 0.2) is 65.3 Å². The molecule has 0 fully saturated rings. The number of benzene rings is 2. The molecular formula is C25H20ClFN6. The molecule has 164 valence electrons. The fourth-order valence-corrected chi connectivity index (χ4v) is 4.17. The molecule has 8 heteroatoms. The Labute approximate surface area is 196 Å². The van der Waals surface area contributed by atoms with Crippen LogP contribution in [-0.2, 0) is 0 Å². The van der Waals surface area contributed by atoms with Gasteiger partial charge in [0.15, 0.2) is 0 Å². The molecule has 4 rings (SSSR count). The maximum atomic E-state index is 13.6. The predicted molar refractivity (Wildman–Crippen MR) is 127 cm³/mol. The van der Waals surface area contributed by atoms with Crippen molar-refractivity contribution in [1.29, 1.82) is 10.5 Å². The van der Waals surface area contributed by atoms with Crippen LogP contribution < -0.4 is 10.7 Å². The van der Waals surface area contributed by atoms with Gasteiger partial charge in [0, 0.05) is 17.1 Å². The van der Waals surface area contributed by atoms with E-state index in [4.69, 9.17) is 17.3 Å². The monoisotopic (exact) mass is 458 g/mol. The van der Waals surface area contributed by atoms with Gasteiger partial charge < -0.3 is 10.3 Å². The topological polar surface area (TPSA) is 94.1 Å². The number of nitrogens with two attached hydrogens (primary N) is 1. The molecule has 1 aliphatic heterocycles. The fraction of sp³-hybridized carbons (Fsp3) is 0.160. The molecule has 2 N–H and O–H groups in total. The van der Waals surface area contributed by atoms with Crippen LogP contribution in [-0.4, -0.2) is 16.4 Å². The highest BCUT2D eigenvalue weighted by atomic mass is 35.5. The molecule has 6 nitrogen and oxygen atoms in total. The van der Waals surface area contributed by atoms with Gasteiger partial charge in [-0.3, -0.25) is 0 Å². The van der Waals surface area contributed by atoms with E-state index in [1.807, 2.05) is 54.8 Å². The number of hydrogen-bond donors (Lipinski definition) is 1. The number of nitriles is 2. The lowest BCUT2D eigenvalue weighted by atomic mass is 9.95. The van der Waals surface area contributed by atoms with Gasteiger partial charge in [-0.25, -0.2) is 9.40 Å². The summed E-state index contributed by atoms with van der Waals surface area (Å²) in [6.45, 7) is 3.80. The van der Waals surface area contributed by atoms with E-state index >= 15 is 0 Å². The molecule has 2 aromatic carbocycles. The zero-order valence-corrected chi connectivity index (χ0v) is 18.8. The summed E-state index contributed by atoms with van der Waals surface area (Å²) in [5.41, 5.74) is 10.8. The Morgan fingerprint density at radius 1 is 1.12 bits per heavy atom. The summed E-state index contributed by atoms with van der Waals surface area (Å²) in [7, 11) is 0. The van der Waals surface area contributed by atoms with Crippen molar-refractivity contribution < 1.29 is 4.39 Å². The van der Waals surface area contributed by atoms with Crippen LogP contribution in [0.1, 0.15) is 17.0 Å². The molecule has 0 radical (unpaired) electrons. The number of halogens is 2. The van der Waals surface area contributed by atoms with Gasteiger partial charge in [-0.1, -0.05) is 29.8 Å². The average molecular weight is 459 g/mol. The molecule has 33 heavy (non-hydrogen) atoms. The summed E-state index contributed by atoms with van der Waals surface area (Å²) in [4.78, 5) is 0. The summed E-state index contributed by atoms with van der Waals surface area (Å²) in [6, 6.07) is 20.1. The smallest absolute Gasteiger partial charge is 0.141 e. The second-order valence-corrected chi connectivity index (χ2v) is 8.10. The number of hydrazone groups is 1. The molecule has 0 bridgehead atoms. The fourth-order valence-electron chi connectivity index (χ4n) is 3.99. The highest BCUT2D eigenvalue weighted by molar-refractivity contribution is 6.30. The van der Waals surface area contributed by atoms with Gasteiger partial charge in [0.2, 0.25) is 0 Å². The molecule has 0 spiro atoms. The quantitative estimate of drug-likeness (QED) is 0.550. The van der Waals surface area contributed by atoms with Crippen molar-refractivity contribution in [2.75, 3.05) is 5.01 Å². The van der Waals surface area contributed by atoms with Crippen molar-refractivity contribution in [3.63, 3.8) is 0 Å². The largest absolute Gasteiger partial charge is 0.318 e. The Bertz CT molecular complexity index is 1360. The average Bonchev–Trinajstić information content (AvgIpc) is 3.29. The molecule has 2 heterocycles. The molecule has 1 aliphatic rings. The maximum Gasteiger partial charge on any atom is 0.141 e. The number of aryl methyl sites for hydroxylation is 1. The Morgan fingerprint density at radius 3 is 2.48 bits per heavy atom. The first kappa shape index (κ1) is 22.3. The van der Waals surface area contributed by atoms with Crippen LogP contribution in [0.4, 0.5) is 10.1 Å². The minimum atomic E-state index is -0.768. The Balaban J connectivity index is 1.77. The van der Waals surface area contributed by atoms with E-state index in [9.17, 15) is 14.9 Å². The first-order chi connectivity index (χ1) is 15.8. The third kappa shape index (κ3) is 4.01. The Morgan fingerprint density at radius 2 is 1.85 bits per heavy atom. The van der Waals surface area contributed by atoms with E-state index in [1.54, 1.807) is 23.2 Å². The minimum absolute atomic E-state index is 0.0296. The second kappa shape index (κ2) is 8.91. The number of anilines is 1. The molecule has 2 atom stereocenters. The van der Waals surface area contributed by atoms with Crippen molar-refractivity contribution >= 4 is 29.1 Å². The van der Waals surface area contributed by atoms with Crippen molar-refractivity contribution in [3.8, 4) is 17.8 Å². The van der Waals surface area contributed by atoms with Crippen molar-refractivity contribution in [2.24, 2.45) is 16.8 Å². The van der Waals surface area contributed by atoms with Gasteiger partial charge >= 0.3 is 0 Å². The van der Waals surface area contributed by atoms with Crippen LogP contribution in [0.2, 0.25) is 5.02 Å². The van der Waals surface area contributed by atoms with E-state index < -0.39 is 17.9 Å². The maximum absolute atomic E-state index is 13.6. The number of hydrogen-bond acceptors (Lipinski definition) is 5. The summed E-state index contributed by atoms with van der Waals surface area (Å²) >= 11 is 5.97. The third-order valence-corrected chi connectivity index (χ3v) is 5.91. The minimum Gasteiger partial charge on any atom is -0.318 e. The van der Waals surface area contributed by atoms with Crippen LogP contribution in [0.3, 0.4) is 0 Å². The van der Waals surface area contributed by atoms with E-state index in [-0.39, 0.29) is 10.6 Å². The number of aromatic nitrogens is 1. The molecule has 0 unspecified atom stereocenters. The highest BCUT2D eigenvalue weighted by Gasteiger charge is 2.37. The Kier molecular flexibility index (Phi) is 6.02. The summed E-state index contributed by atoms with van der Waals surface area (Å²) in [5, 5.41) is 25.8. The lowest BCUT2D eigenvalue weighted by Crippen LogP contribution is -2.40. The van der Waals surface area contributed by atoms with Crippen molar-refractivity contribution in [2.45, 2.75) is 20.0 Å². The number of allylic oxidation sites excluding steroid dienone is 1. The lowest BCUT2D eigenvalue weighted by Gasteiger charge is -2.21. The van der Waals surface area contributed by atoms with Crippen LogP contribution in [0, 0.1) is 48.2 Å². The highest BCUT2D eigenvalue weighted by Crippen LogP contribution is 2.30. The van der Waals surface area contributed by atoms with Gasteiger partial charge in [-0.05, 0) is 61.9 Å². The normalized spacial score (nSPS) is 18.1. The third-order valence-electron chi connectivity index (χ3n) is 5.62. The van der Waals surface area contributed by atoms with E-state index in [0.29, 0.717) is 11.4 Å². The number of para-hydroxylation sites is 1. The molecule has 3 aromatic rings. The number of rotatable bonds is 4. The van der Waals surface area contributed by atoms with E-state index in [2.05, 4.69) is 17.2 Å². The molecule has 0 aliphatic carbocycles. The number of nitrogens with zero attached hydrogens (tertiary/aromatic N) is 5. The van der Waals surface area contributed by atoms with E-state index in [0.717, 1.165) is 22.6 Å². The molecular weight excluding hydrogens is 439 g/mol.